The highest BCUT2D eigenvalue weighted by Gasteiger charge is 2.28. The topological polar surface area (TPSA) is 54.3 Å². The summed E-state index contributed by atoms with van der Waals surface area (Å²) in [6.07, 6.45) is 4.22. The van der Waals surface area contributed by atoms with Crippen molar-refractivity contribution in [3.63, 3.8) is 0 Å². The van der Waals surface area contributed by atoms with Gasteiger partial charge in [-0.1, -0.05) is 12.1 Å². The van der Waals surface area contributed by atoms with Crippen molar-refractivity contribution < 1.29 is 9.59 Å². The van der Waals surface area contributed by atoms with Crippen LogP contribution in [0.1, 0.15) is 41.9 Å². The zero-order chi connectivity index (χ0) is 17.1. The molecule has 0 saturated carbocycles. The molecule has 1 fully saturated rings. The third-order valence-corrected chi connectivity index (χ3v) is 4.59. The van der Waals surface area contributed by atoms with Gasteiger partial charge >= 0.3 is 0 Å². The van der Waals surface area contributed by atoms with Gasteiger partial charge in [0.05, 0.1) is 12.6 Å². The molecule has 1 saturated heterocycles. The number of aromatic nitrogens is 1. The fourth-order valence-electron chi connectivity index (χ4n) is 3.37. The largest absolute Gasteiger partial charge is 0.353 e. The Morgan fingerprint density at radius 1 is 1.25 bits per heavy atom. The van der Waals surface area contributed by atoms with Gasteiger partial charge in [-0.15, -0.1) is 0 Å². The molecule has 1 unspecified atom stereocenters. The summed E-state index contributed by atoms with van der Waals surface area (Å²) in [5, 5.41) is 2.90. The Labute approximate surface area is 142 Å². The van der Waals surface area contributed by atoms with E-state index in [9.17, 15) is 9.59 Å². The van der Waals surface area contributed by atoms with E-state index in [1.807, 2.05) is 25.4 Å². The summed E-state index contributed by atoms with van der Waals surface area (Å²) in [7, 11) is 2.04. The van der Waals surface area contributed by atoms with Gasteiger partial charge in [0.25, 0.3) is 0 Å². The first-order valence-electron chi connectivity index (χ1n) is 8.31. The van der Waals surface area contributed by atoms with E-state index >= 15 is 0 Å². The fraction of sp³-hybridized carbons (Fsp3) is 0.368. The molecular formula is C19H23N3O2. The molecule has 126 valence electrons. The van der Waals surface area contributed by atoms with E-state index in [0.29, 0.717) is 23.8 Å². The van der Waals surface area contributed by atoms with Gasteiger partial charge in [-0.3, -0.25) is 14.5 Å². The van der Waals surface area contributed by atoms with E-state index < -0.39 is 0 Å². The quantitative estimate of drug-likeness (QED) is 0.860. The number of ketones is 1. The Balaban J connectivity index is 1.65. The standard InChI is InChI=1S/C19H23N3O2/c1-14(23)15-6-3-7-16(12-15)20-19(24)13-22-11-5-9-18(22)17-8-4-10-21(17)2/h3-4,6-8,10,12,18H,5,9,11,13H2,1-2H3,(H,20,24). The highest BCUT2D eigenvalue weighted by Crippen LogP contribution is 2.31. The second-order valence-corrected chi connectivity index (χ2v) is 6.36. The summed E-state index contributed by atoms with van der Waals surface area (Å²) in [6, 6.07) is 11.5. The van der Waals surface area contributed by atoms with Crippen molar-refractivity contribution >= 4 is 17.4 Å². The van der Waals surface area contributed by atoms with Crippen LogP contribution in [0.25, 0.3) is 0 Å². The van der Waals surface area contributed by atoms with Crippen LogP contribution in [0, 0.1) is 0 Å². The molecule has 1 aliphatic rings. The summed E-state index contributed by atoms with van der Waals surface area (Å²) < 4.78 is 2.12. The molecule has 1 atom stereocenters. The molecule has 24 heavy (non-hydrogen) atoms. The predicted octanol–water partition coefficient (Wildman–Crippen LogP) is 3.00. The van der Waals surface area contributed by atoms with Crippen LogP contribution < -0.4 is 5.32 Å². The highest BCUT2D eigenvalue weighted by molar-refractivity contribution is 5.97. The van der Waals surface area contributed by atoms with Crippen molar-refractivity contribution in [2.45, 2.75) is 25.8 Å². The first-order valence-corrected chi connectivity index (χ1v) is 8.31. The SMILES string of the molecule is CC(=O)c1cccc(NC(=O)CN2CCCC2c2cccn2C)c1. The lowest BCUT2D eigenvalue weighted by molar-refractivity contribution is -0.117. The number of hydrogen-bond donors (Lipinski definition) is 1. The lowest BCUT2D eigenvalue weighted by atomic mass is 10.1. The minimum Gasteiger partial charge on any atom is -0.353 e. The van der Waals surface area contributed by atoms with Gasteiger partial charge in [0, 0.05) is 30.2 Å². The molecule has 1 aliphatic heterocycles. The van der Waals surface area contributed by atoms with Gasteiger partial charge < -0.3 is 9.88 Å². The van der Waals surface area contributed by atoms with Crippen molar-refractivity contribution in [2.24, 2.45) is 7.05 Å². The monoisotopic (exact) mass is 325 g/mol. The minimum atomic E-state index is -0.0446. The summed E-state index contributed by atoms with van der Waals surface area (Å²) in [5.41, 5.74) is 2.52. The average molecular weight is 325 g/mol. The second kappa shape index (κ2) is 7.01. The van der Waals surface area contributed by atoms with Gasteiger partial charge in [-0.2, -0.15) is 0 Å². The molecule has 2 heterocycles. The van der Waals surface area contributed by atoms with Crippen LogP contribution in [-0.2, 0) is 11.8 Å². The Hall–Kier alpha value is -2.40. The van der Waals surface area contributed by atoms with Crippen LogP contribution in [0.4, 0.5) is 5.69 Å². The minimum absolute atomic E-state index is 0.00517. The van der Waals surface area contributed by atoms with Gasteiger partial charge in [-0.05, 0) is 50.6 Å². The number of carbonyl (C=O) groups excluding carboxylic acids is 2. The maximum absolute atomic E-state index is 12.4. The molecule has 3 rings (SSSR count). The van der Waals surface area contributed by atoms with Crippen molar-refractivity contribution in [1.82, 2.24) is 9.47 Å². The summed E-state index contributed by atoms with van der Waals surface area (Å²) in [4.78, 5) is 26.1. The second-order valence-electron chi connectivity index (χ2n) is 6.36. The third kappa shape index (κ3) is 3.57. The number of aryl methyl sites for hydroxylation is 1. The van der Waals surface area contributed by atoms with Crippen LogP contribution in [0.2, 0.25) is 0 Å². The Morgan fingerprint density at radius 2 is 2.08 bits per heavy atom. The summed E-state index contributed by atoms with van der Waals surface area (Å²) in [5.74, 6) is -0.0498. The van der Waals surface area contributed by atoms with E-state index in [4.69, 9.17) is 0 Å². The smallest absolute Gasteiger partial charge is 0.238 e. The molecule has 1 aromatic carbocycles. The Kier molecular flexibility index (Phi) is 4.81. The number of carbonyl (C=O) groups is 2. The zero-order valence-corrected chi connectivity index (χ0v) is 14.2. The van der Waals surface area contributed by atoms with E-state index in [1.54, 1.807) is 18.2 Å². The number of anilines is 1. The predicted molar refractivity (Wildman–Crippen MR) is 94.0 cm³/mol. The Bertz CT molecular complexity index is 751. The van der Waals surface area contributed by atoms with Crippen LogP contribution in [0.15, 0.2) is 42.6 Å². The fourth-order valence-corrected chi connectivity index (χ4v) is 3.37. The average Bonchev–Trinajstić information content (AvgIpc) is 3.15. The van der Waals surface area contributed by atoms with Crippen molar-refractivity contribution in [3.05, 3.63) is 53.9 Å². The zero-order valence-electron chi connectivity index (χ0n) is 14.2. The number of Topliss-reactive ketones (excluding diaryl/α,β-unsaturated/α-hetero) is 1. The van der Waals surface area contributed by atoms with Crippen LogP contribution in [0.5, 0.6) is 0 Å². The number of rotatable bonds is 5. The molecule has 2 aromatic rings. The first kappa shape index (κ1) is 16.5. The van der Waals surface area contributed by atoms with Crippen molar-refractivity contribution in [1.29, 1.82) is 0 Å². The number of likely N-dealkylation sites (tertiary alicyclic amines) is 1. The van der Waals surface area contributed by atoms with Crippen molar-refractivity contribution in [3.8, 4) is 0 Å². The third-order valence-electron chi connectivity index (χ3n) is 4.59. The molecule has 1 N–H and O–H groups in total. The summed E-state index contributed by atoms with van der Waals surface area (Å²) in [6.45, 7) is 2.81. The Morgan fingerprint density at radius 3 is 2.79 bits per heavy atom. The normalized spacial score (nSPS) is 17.8. The molecule has 5 heteroatoms. The number of nitrogens with one attached hydrogen (secondary N) is 1. The molecule has 1 aromatic heterocycles. The number of nitrogens with zero attached hydrogens (tertiary/aromatic N) is 2. The molecule has 1 amide bonds. The summed E-state index contributed by atoms with van der Waals surface area (Å²) >= 11 is 0. The van der Waals surface area contributed by atoms with E-state index in [1.165, 1.54) is 12.6 Å². The molecule has 0 spiro atoms. The molecule has 0 radical (unpaired) electrons. The lowest BCUT2D eigenvalue weighted by Gasteiger charge is -2.24. The van der Waals surface area contributed by atoms with E-state index in [-0.39, 0.29) is 11.7 Å². The number of benzene rings is 1. The van der Waals surface area contributed by atoms with Gasteiger partial charge in [0.1, 0.15) is 0 Å². The number of hydrogen-bond acceptors (Lipinski definition) is 3. The van der Waals surface area contributed by atoms with Gasteiger partial charge in [-0.25, -0.2) is 0 Å². The van der Waals surface area contributed by atoms with Crippen LogP contribution >= 0.6 is 0 Å². The first-order chi connectivity index (χ1) is 11.5. The molecular weight excluding hydrogens is 302 g/mol. The van der Waals surface area contributed by atoms with Crippen LogP contribution in [-0.4, -0.2) is 34.2 Å². The van der Waals surface area contributed by atoms with Crippen molar-refractivity contribution in [2.75, 3.05) is 18.4 Å². The molecule has 5 nitrogen and oxygen atoms in total. The molecule has 0 aliphatic carbocycles. The highest BCUT2D eigenvalue weighted by atomic mass is 16.2. The van der Waals surface area contributed by atoms with E-state index in [0.717, 1.165) is 19.4 Å². The lowest BCUT2D eigenvalue weighted by Crippen LogP contribution is -2.33. The maximum Gasteiger partial charge on any atom is 0.238 e. The number of amides is 1. The van der Waals surface area contributed by atoms with Gasteiger partial charge in [0.2, 0.25) is 5.91 Å². The maximum atomic E-state index is 12.4. The van der Waals surface area contributed by atoms with E-state index in [2.05, 4.69) is 20.9 Å². The van der Waals surface area contributed by atoms with Gasteiger partial charge in [0.15, 0.2) is 5.78 Å². The van der Waals surface area contributed by atoms with Crippen LogP contribution in [0.3, 0.4) is 0 Å². The molecule has 0 bridgehead atoms.